The summed E-state index contributed by atoms with van der Waals surface area (Å²) in [7, 11) is 6.15. The zero-order valence-electron chi connectivity index (χ0n) is 15.3. The van der Waals surface area contributed by atoms with E-state index in [2.05, 4.69) is 52.3 Å². The minimum atomic E-state index is -0.0317. The van der Waals surface area contributed by atoms with Gasteiger partial charge in [0.05, 0.1) is 6.04 Å². The third-order valence-electron chi connectivity index (χ3n) is 4.65. The minimum absolute atomic E-state index is 0.0317. The molecule has 1 atom stereocenters. The second-order valence-electron chi connectivity index (χ2n) is 6.77. The van der Waals surface area contributed by atoms with E-state index in [1.807, 2.05) is 45.3 Å². The van der Waals surface area contributed by atoms with E-state index < -0.39 is 0 Å². The highest BCUT2D eigenvalue weighted by Gasteiger charge is 2.20. The van der Waals surface area contributed by atoms with E-state index in [-0.39, 0.29) is 11.9 Å². The van der Waals surface area contributed by atoms with Crippen molar-refractivity contribution in [3.63, 3.8) is 0 Å². The van der Waals surface area contributed by atoms with E-state index in [9.17, 15) is 4.79 Å². The first-order valence-corrected chi connectivity index (χ1v) is 8.52. The molecule has 0 saturated carbocycles. The Morgan fingerprint density at radius 3 is 2.64 bits per heavy atom. The molecule has 1 N–H and O–H groups in total. The van der Waals surface area contributed by atoms with Crippen LogP contribution in [-0.4, -0.2) is 36.0 Å². The van der Waals surface area contributed by atoms with E-state index in [1.165, 1.54) is 16.5 Å². The molecule has 0 radical (unpaired) electrons. The van der Waals surface area contributed by atoms with E-state index in [0.717, 1.165) is 5.56 Å². The number of hydrogen-bond acceptors (Lipinski definition) is 2. The number of fused-ring (bicyclic) bond motifs is 1. The number of carbonyl (C=O) groups is 1. The van der Waals surface area contributed by atoms with Crippen LogP contribution in [0.3, 0.4) is 0 Å². The lowest BCUT2D eigenvalue weighted by molar-refractivity contribution is 0.0942. The van der Waals surface area contributed by atoms with Crippen LogP contribution in [0.15, 0.2) is 54.7 Å². The maximum Gasteiger partial charge on any atom is 0.251 e. The summed E-state index contributed by atoms with van der Waals surface area (Å²) in [6.07, 6.45) is 2.16. The van der Waals surface area contributed by atoms with Crippen molar-refractivity contribution in [3.05, 3.63) is 71.4 Å². The fourth-order valence-corrected chi connectivity index (χ4v) is 3.29. The van der Waals surface area contributed by atoms with Crippen LogP contribution in [0.4, 0.5) is 0 Å². The number of aryl methyl sites for hydroxylation is 2. The van der Waals surface area contributed by atoms with E-state index in [4.69, 9.17) is 0 Å². The van der Waals surface area contributed by atoms with Gasteiger partial charge in [-0.15, -0.1) is 0 Å². The van der Waals surface area contributed by atoms with Gasteiger partial charge in [0.2, 0.25) is 0 Å². The standard InChI is InChI=1S/C21H25N3O/c1-15-8-7-9-16(12-15)21(25)22-13-20(23(2)3)18-14-24(4)19-11-6-5-10-17(18)19/h5-12,14,20H,13H2,1-4H3,(H,22,25). The summed E-state index contributed by atoms with van der Waals surface area (Å²) in [4.78, 5) is 14.6. The SMILES string of the molecule is Cc1cccc(C(=O)NCC(c2cn(C)c3ccccc23)N(C)C)c1. The van der Waals surface area contributed by atoms with Gasteiger partial charge in [-0.1, -0.05) is 35.9 Å². The lowest BCUT2D eigenvalue weighted by Gasteiger charge is -2.24. The molecule has 1 unspecified atom stereocenters. The molecule has 0 aliphatic rings. The summed E-state index contributed by atoms with van der Waals surface area (Å²) >= 11 is 0. The molecule has 1 aromatic heterocycles. The van der Waals surface area contributed by atoms with E-state index in [0.29, 0.717) is 12.1 Å². The molecule has 3 aromatic rings. The van der Waals surface area contributed by atoms with Gasteiger partial charge >= 0.3 is 0 Å². The summed E-state index contributed by atoms with van der Waals surface area (Å²) < 4.78 is 2.14. The van der Waals surface area contributed by atoms with Crippen molar-refractivity contribution in [3.8, 4) is 0 Å². The van der Waals surface area contributed by atoms with Crippen molar-refractivity contribution < 1.29 is 4.79 Å². The average molecular weight is 335 g/mol. The normalized spacial score (nSPS) is 12.5. The molecule has 1 amide bonds. The Labute approximate surface area is 149 Å². The summed E-state index contributed by atoms with van der Waals surface area (Å²) in [5.74, 6) is -0.0317. The number of para-hydroxylation sites is 1. The van der Waals surface area contributed by atoms with Crippen LogP contribution in [0.1, 0.15) is 27.5 Å². The first-order valence-electron chi connectivity index (χ1n) is 8.52. The van der Waals surface area contributed by atoms with Crippen LogP contribution in [0.5, 0.6) is 0 Å². The zero-order valence-corrected chi connectivity index (χ0v) is 15.3. The summed E-state index contributed by atoms with van der Waals surface area (Å²) in [5.41, 5.74) is 4.23. The Balaban J connectivity index is 1.83. The van der Waals surface area contributed by atoms with Gasteiger partial charge in [0.15, 0.2) is 0 Å². The van der Waals surface area contributed by atoms with Gasteiger partial charge in [-0.25, -0.2) is 0 Å². The highest BCUT2D eigenvalue weighted by molar-refractivity contribution is 5.94. The first kappa shape index (κ1) is 17.2. The third-order valence-corrected chi connectivity index (χ3v) is 4.65. The third kappa shape index (κ3) is 3.59. The number of aromatic nitrogens is 1. The van der Waals surface area contributed by atoms with Crippen molar-refractivity contribution in [1.29, 1.82) is 0 Å². The fraction of sp³-hybridized carbons (Fsp3) is 0.286. The van der Waals surface area contributed by atoms with Gasteiger partial charge in [-0.3, -0.25) is 4.79 Å². The zero-order chi connectivity index (χ0) is 18.0. The predicted octanol–water partition coefficient (Wildman–Crippen LogP) is 3.52. The van der Waals surface area contributed by atoms with E-state index in [1.54, 1.807) is 0 Å². The second-order valence-corrected chi connectivity index (χ2v) is 6.77. The van der Waals surface area contributed by atoms with Crippen molar-refractivity contribution in [2.24, 2.45) is 7.05 Å². The van der Waals surface area contributed by atoms with Crippen LogP contribution >= 0.6 is 0 Å². The van der Waals surface area contributed by atoms with Crippen molar-refractivity contribution in [2.45, 2.75) is 13.0 Å². The Kier molecular flexibility index (Phi) is 4.91. The number of benzene rings is 2. The first-order chi connectivity index (χ1) is 12.0. The number of likely N-dealkylation sites (N-methyl/N-ethyl adjacent to an activating group) is 1. The van der Waals surface area contributed by atoms with Crippen LogP contribution in [0, 0.1) is 6.92 Å². The average Bonchev–Trinajstić information content (AvgIpc) is 2.92. The predicted molar refractivity (Wildman–Crippen MR) is 103 cm³/mol. The molecule has 0 saturated heterocycles. The fourth-order valence-electron chi connectivity index (χ4n) is 3.29. The largest absolute Gasteiger partial charge is 0.350 e. The van der Waals surface area contributed by atoms with Gasteiger partial charge in [-0.2, -0.15) is 0 Å². The molecule has 0 bridgehead atoms. The smallest absolute Gasteiger partial charge is 0.251 e. The molecule has 130 valence electrons. The molecule has 0 fully saturated rings. The van der Waals surface area contributed by atoms with Crippen molar-refractivity contribution in [1.82, 2.24) is 14.8 Å². The Morgan fingerprint density at radius 1 is 1.16 bits per heavy atom. The summed E-state index contributed by atoms with van der Waals surface area (Å²) in [5, 5.41) is 4.32. The molecule has 4 nitrogen and oxygen atoms in total. The second kappa shape index (κ2) is 7.11. The van der Waals surface area contributed by atoms with Crippen LogP contribution in [0.2, 0.25) is 0 Å². The molecular weight excluding hydrogens is 310 g/mol. The Hall–Kier alpha value is -2.59. The van der Waals surface area contributed by atoms with Crippen molar-refractivity contribution >= 4 is 16.8 Å². The maximum absolute atomic E-state index is 12.5. The van der Waals surface area contributed by atoms with Crippen LogP contribution in [0.25, 0.3) is 10.9 Å². The van der Waals surface area contributed by atoms with Gasteiger partial charge in [-0.05, 0) is 44.8 Å². The van der Waals surface area contributed by atoms with Gasteiger partial charge in [0.1, 0.15) is 0 Å². The molecule has 0 spiro atoms. The molecule has 2 aromatic carbocycles. The molecule has 0 aliphatic carbocycles. The monoisotopic (exact) mass is 335 g/mol. The maximum atomic E-state index is 12.5. The summed E-state index contributed by atoms with van der Waals surface area (Å²) in [6, 6.07) is 16.2. The molecule has 1 heterocycles. The molecule has 4 heteroatoms. The number of nitrogens with zero attached hydrogens (tertiary/aromatic N) is 2. The van der Waals surface area contributed by atoms with E-state index >= 15 is 0 Å². The van der Waals surface area contributed by atoms with Gasteiger partial charge < -0.3 is 14.8 Å². The Bertz CT molecular complexity index is 895. The highest BCUT2D eigenvalue weighted by Crippen LogP contribution is 2.28. The lowest BCUT2D eigenvalue weighted by atomic mass is 10.0. The van der Waals surface area contributed by atoms with Crippen molar-refractivity contribution in [2.75, 3.05) is 20.6 Å². The molecule has 0 aliphatic heterocycles. The molecular formula is C21H25N3O. The van der Waals surface area contributed by atoms with Gasteiger partial charge in [0, 0.05) is 36.3 Å². The summed E-state index contributed by atoms with van der Waals surface area (Å²) in [6.45, 7) is 2.56. The van der Waals surface area contributed by atoms with Crippen LogP contribution < -0.4 is 5.32 Å². The highest BCUT2D eigenvalue weighted by atomic mass is 16.1. The molecule has 3 rings (SSSR count). The topological polar surface area (TPSA) is 37.3 Å². The minimum Gasteiger partial charge on any atom is -0.350 e. The van der Waals surface area contributed by atoms with Gasteiger partial charge in [0.25, 0.3) is 5.91 Å². The number of amides is 1. The lowest BCUT2D eigenvalue weighted by Crippen LogP contribution is -2.34. The molecule has 25 heavy (non-hydrogen) atoms. The van der Waals surface area contributed by atoms with Crippen LogP contribution in [-0.2, 0) is 7.05 Å². The number of nitrogens with one attached hydrogen (secondary N) is 1. The quantitative estimate of drug-likeness (QED) is 0.774. The Morgan fingerprint density at radius 2 is 1.92 bits per heavy atom. The number of rotatable bonds is 5. The number of carbonyl (C=O) groups excluding carboxylic acids is 1. The number of hydrogen-bond donors (Lipinski definition) is 1.